The minimum Gasteiger partial charge on any atom is -0.490 e. The Morgan fingerprint density at radius 1 is 1.33 bits per heavy atom. The van der Waals surface area contributed by atoms with Gasteiger partial charge in [0.2, 0.25) is 0 Å². The molecule has 0 bridgehead atoms. The first-order valence-corrected chi connectivity index (χ1v) is 7.96. The normalized spacial score (nSPS) is 15.1. The van der Waals surface area contributed by atoms with Crippen LogP contribution < -0.4 is 9.47 Å². The van der Waals surface area contributed by atoms with Crippen LogP contribution in [0.5, 0.6) is 11.5 Å². The van der Waals surface area contributed by atoms with Crippen molar-refractivity contribution in [2.24, 2.45) is 0 Å². The zero-order valence-electron chi connectivity index (χ0n) is 12.1. The molecule has 0 aliphatic carbocycles. The zero-order valence-corrected chi connectivity index (χ0v) is 13.7. The van der Waals surface area contributed by atoms with Crippen LogP contribution in [0.1, 0.15) is 30.1 Å². The number of likely N-dealkylation sites (tertiary alicyclic amines) is 1. The van der Waals surface area contributed by atoms with Crippen LogP contribution in [0, 0.1) is 0 Å². The Kier molecular flexibility index (Phi) is 5.87. The van der Waals surface area contributed by atoms with E-state index in [1.165, 1.54) is 25.0 Å². The molecule has 1 fully saturated rings. The number of aromatic carboxylic acids is 1. The maximum Gasteiger partial charge on any atom is 0.335 e. The molecule has 1 heterocycles. The van der Waals surface area contributed by atoms with E-state index >= 15 is 0 Å². The lowest BCUT2D eigenvalue weighted by Gasteiger charge is -2.18. The molecular weight excluding hydrogens is 338 g/mol. The maximum absolute atomic E-state index is 11.1. The van der Waals surface area contributed by atoms with Crippen LogP contribution in [0.2, 0.25) is 0 Å². The third kappa shape index (κ3) is 4.35. The standard InChI is InChI=1S/C15H20BrNO4/c1-2-20-13-10-11(15(18)19)9-12(16)14(13)21-8-7-17-5-3-4-6-17/h9-10H,2-8H2,1H3,(H,18,19). The van der Waals surface area contributed by atoms with Gasteiger partial charge in [-0.3, -0.25) is 4.90 Å². The Hall–Kier alpha value is -1.27. The van der Waals surface area contributed by atoms with Gasteiger partial charge in [0.15, 0.2) is 11.5 Å². The highest BCUT2D eigenvalue weighted by Gasteiger charge is 2.16. The Morgan fingerprint density at radius 2 is 2.05 bits per heavy atom. The van der Waals surface area contributed by atoms with Crippen LogP contribution >= 0.6 is 15.9 Å². The summed E-state index contributed by atoms with van der Waals surface area (Å²) in [6, 6.07) is 3.04. The van der Waals surface area contributed by atoms with Gasteiger partial charge in [0, 0.05) is 6.54 Å². The number of rotatable bonds is 7. The molecule has 116 valence electrons. The van der Waals surface area contributed by atoms with E-state index in [4.69, 9.17) is 14.6 Å². The van der Waals surface area contributed by atoms with E-state index < -0.39 is 5.97 Å². The fraction of sp³-hybridized carbons (Fsp3) is 0.533. The summed E-state index contributed by atoms with van der Waals surface area (Å²) in [7, 11) is 0. The van der Waals surface area contributed by atoms with Gasteiger partial charge in [0.05, 0.1) is 16.6 Å². The van der Waals surface area contributed by atoms with Crippen LogP contribution in [0.25, 0.3) is 0 Å². The van der Waals surface area contributed by atoms with Crippen molar-refractivity contribution < 1.29 is 19.4 Å². The summed E-state index contributed by atoms with van der Waals surface area (Å²) in [4.78, 5) is 13.4. The smallest absolute Gasteiger partial charge is 0.335 e. The monoisotopic (exact) mass is 357 g/mol. The van der Waals surface area contributed by atoms with Gasteiger partial charge in [-0.15, -0.1) is 0 Å². The highest BCUT2D eigenvalue weighted by Crippen LogP contribution is 2.37. The van der Waals surface area contributed by atoms with E-state index in [0.29, 0.717) is 29.2 Å². The lowest BCUT2D eigenvalue weighted by Crippen LogP contribution is -2.25. The molecule has 0 amide bonds. The molecule has 1 saturated heterocycles. The van der Waals surface area contributed by atoms with Crippen LogP contribution in [0.4, 0.5) is 0 Å². The van der Waals surface area contributed by atoms with Gasteiger partial charge in [-0.1, -0.05) is 0 Å². The fourth-order valence-electron chi connectivity index (χ4n) is 2.38. The predicted molar refractivity (Wildman–Crippen MR) is 83.4 cm³/mol. The molecule has 1 N–H and O–H groups in total. The van der Waals surface area contributed by atoms with Crippen molar-refractivity contribution in [3.63, 3.8) is 0 Å². The van der Waals surface area contributed by atoms with Crippen LogP contribution in [-0.4, -0.2) is 48.8 Å². The summed E-state index contributed by atoms with van der Waals surface area (Å²) in [5, 5.41) is 9.09. The quantitative estimate of drug-likeness (QED) is 0.812. The zero-order chi connectivity index (χ0) is 15.2. The second-order valence-electron chi connectivity index (χ2n) is 4.92. The summed E-state index contributed by atoms with van der Waals surface area (Å²) in [5.41, 5.74) is 0.178. The first-order valence-electron chi connectivity index (χ1n) is 7.16. The lowest BCUT2D eigenvalue weighted by molar-refractivity contribution is 0.0696. The SMILES string of the molecule is CCOc1cc(C(=O)O)cc(Br)c1OCCN1CCCC1. The average molecular weight is 358 g/mol. The summed E-state index contributed by atoms with van der Waals surface area (Å²) in [6.45, 7) is 6.00. The highest BCUT2D eigenvalue weighted by molar-refractivity contribution is 9.10. The number of halogens is 1. The van der Waals surface area contributed by atoms with E-state index in [1.807, 2.05) is 6.92 Å². The van der Waals surface area contributed by atoms with Crippen molar-refractivity contribution in [2.75, 3.05) is 32.8 Å². The highest BCUT2D eigenvalue weighted by atomic mass is 79.9. The van der Waals surface area contributed by atoms with E-state index in [9.17, 15) is 4.79 Å². The molecule has 0 aromatic heterocycles. The van der Waals surface area contributed by atoms with Gasteiger partial charge in [0.25, 0.3) is 0 Å². The van der Waals surface area contributed by atoms with E-state index in [0.717, 1.165) is 19.6 Å². The summed E-state index contributed by atoms with van der Waals surface area (Å²) in [5.74, 6) is 0.0482. The van der Waals surface area contributed by atoms with Crippen molar-refractivity contribution in [3.8, 4) is 11.5 Å². The fourth-order valence-corrected chi connectivity index (χ4v) is 2.93. The topological polar surface area (TPSA) is 59.0 Å². The van der Waals surface area contributed by atoms with Crippen molar-refractivity contribution in [1.29, 1.82) is 0 Å². The average Bonchev–Trinajstić information content (AvgIpc) is 2.94. The number of carbonyl (C=O) groups is 1. The van der Waals surface area contributed by atoms with Crippen LogP contribution in [0.3, 0.4) is 0 Å². The molecule has 1 aliphatic rings. The molecule has 0 atom stereocenters. The molecule has 0 radical (unpaired) electrons. The van der Waals surface area contributed by atoms with Gasteiger partial charge in [-0.2, -0.15) is 0 Å². The number of nitrogens with zero attached hydrogens (tertiary/aromatic N) is 1. The van der Waals surface area contributed by atoms with E-state index in [-0.39, 0.29) is 5.56 Å². The third-order valence-electron chi connectivity index (χ3n) is 3.41. The largest absolute Gasteiger partial charge is 0.490 e. The maximum atomic E-state index is 11.1. The molecule has 1 aromatic rings. The van der Waals surface area contributed by atoms with Crippen LogP contribution in [-0.2, 0) is 0 Å². The van der Waals surface area contributed by atoms with Gasteiger partial charge in [-0.05, 0) is 60.9 Å². The molecule has 5 nitrogen and oxygen atoms in total. The van der Waals surface area contributed by atoms with Crippen molar-refractivity contribution in [1.82, 2.24) is 4.90 Å². The summed E-state index contributed by atoms with van der Waals surface area (Å²) >= 11 is 3.37. The first kappa shape index (κ1) is 16.1. The minimum atomic E-state index is -0.986. The molecule has 0 unspecified atom stereocenters. The molecule has 0 spiro atoms. The Balaban J connectivity index is 2.06. The van der Waals surface area contributed by atoms with Crippen LogP contribution in [0.15, 0.2) is 16.6 Å². The molecule has 1 aromatic carbocycles. The molecule has 6 heteroatoms. The van der Waals surface area contributed by atoms with Crippen molar-refractivity contribution in [2.45, 2.75) is 19.8 Å². The number of carboxylic acid groups (broad SMARTS) is 1. The second-order valence-corrected chi connectivity index (χ2v) is 5.78. The minimum absolute atomic E-state index is 0.178. The Morgan fingerprint density at radius 3 is 2.67 bits per heavy atom. The summed E-state index contributed by atoms with van der Waals surface area (Å²) < 4.78 is 11.9. The summed E-state index contributed by atoms with van der Waals surface area (Å²) in [6.07, 6.45) is 2.50. The molecule has 1 aliphatic heterocycles. The molecule has 0 saturated carbocycles. The van der Waals surface area contributed by atoms with Gasteiger partial charge < -0.3 is 14.6 Å². The number of benzene rings is 1. The van der Waals surface area contributed by atoms with E-state index in [1.54, 1.807) is 0 Å². The van der Waals surface area contributed by atoms with Crippen molar-refractivity contribution >= 4 is 21.9 Å². The van der Waals surface area contributed by atoms with Crippen molar-refractivity contribution in [3.05, 3.63) is 22.2 Å². The number of ether oxygens (including phenoxy) is 2. The lowest BCUT2D eigenvalue weighted by atomic mass is 10.2. The Labute approximate surface area is 133 Å². The third-order valence-corrected chi connectivity index (χ3v) is 4.00. The molecular formula is C15H20BrNO4. The first-order chi connectivity index (χ1) is 10.1. The number of hydrogen-bond donors (Lipinski definition) is 1. The van der Waals surface area contributed by atoms with Gasteiger partial charge >= 0.3 is 5.97 Å². The predicted octanol–water partition coefficient (Wildman–Crippen LogP) is 3.02. The number of hydrogen-bond acceptors (Lipinski definition) is 4. The van der Waals surface area contributed by atoms with E-state index in [2.05, 4.69) is 20.8 Å². The molecule has 2 rings (SSSR count). The molecule has 21 heavy (non-hydrogen) atoms. The number of carboxylic acids is 1. The second kappa shape index (κ2) is 7.66. The Bertz CT molecular complexity index is 501. The van der Waals surface area contributed by atoms with Gasteiger partial charge in [0.1, 0.15) is 6.61 Å². The van der Waals surface area contributed by atoms with Gasteiger partial charge in [-0.25, -0.2) is 4.79 Å².